The zero-order valence-corrected chi connectivity index (χ0v) is 18.1. The first-order chi connectivity index (χ1) is 14.7. The molecule has 8 heteroatoms. The van der Waals surface area contributed by atoms with Crippen molar-refractivity contribution in [3.05, 3.63) is 81.4 Å². The summed E-state index contributed by atoms with van der Waals surface area (Å²) in [6.45, 7) is 8.47. The minimum absolute atomic E-state index is 0.123. The van der Waals surface area contributed by atoms with E-state index in [1.54, 1.807) is 35.3 Å². The van der Waals surface area contributed by atoms with Crippen molar-refractivity contribution < 1.29 is 18.0 Å². The van der Waals surface area contributed by atoms with Gasteiger partial charge in [-0.1, -0.05) is 30.9 Å². The molecule has 1 amide bonds. The number of thiophene rings is 1. The van der Waals surface area contributed by atoms with Gasteiger partial charge in [-0.15, -0.1) is 11.3 Å². The van der Waals surface area contributed by atoms with Gasteiger partial charge >= 0.3 is 6.18 Å². The molecule has 0 aromatic carbocycles. The van der Waals surface area contributed by atoms with E-state index >= 15 is 0 Å². The molecule has 0 fully saturated rings. The van der Waals surface area contributed by atoms with Gasteiger partial charge in [0.25, 0.3) is 0 Å². The van der Waals surface area contributed by atoms with Crippen LogP contribution in [-0.4, -0.2) is 27.1 Å². The summed E-state index contributed by atoms with van der Waals surface area (Å²) < 4.78 is 42.7. The Morgan fingerprint density at radius 1 is 1.35 bits per heavy atom. The van der Waals surface area contributed by atoms with Gasteiger partial charge in [0.1, 0.15) is 0 Å². The minimum Gasteiger partial charge on any atom is -0.330 e. The van der Waals surface area contributed by atoms with E-state index in [4.69, 9.17) is 0 Å². The lowest BCUT2D eigenvalue weighted by Gasteiger charge is -2.31. The standard InChI is InChI=1S/C23H22F3N3OS/c1-4-21(30)28-11-18(17-10-14(3)31-20(17)13-28)15-8-6-7-9-16(15)19-12-29(5-2)27-22(19)23(24,25)26/h4,6-10,12,16H,1,5,11,13H2,2-3H3/b18-15+. The van der Waals surface area contributed by atoms with Crippen molar-refractivity contribution in [2.24, 2.45) is 0 Å². The lowest BCUT2D eigenvalue weighted by molar-refractivity contribution is -0.142. The maximum absolute atomic E-state index is 13.8. The fourth-order valence-corrected chi connectivity index (χ4v) is 5.20. The van der Waals surface area contributed by atoms with Crippen molar-refractivity contribution in [2.45, 2.75) is 39.0 Å². The van der Waals surface area contributed by atoms with Crippen LogP contribution in [0.5, 0.6) is 0 Å². The number of amides is 1. The second-order valence-corrected chi connectivity index (χ2v) is 8.88. The highest BCUT2D eigenvalue weighted by molar-refractivity contribution is 7.12. The van der Waals surface area contributed by atoms with Gasteiger partial charge in [-0.25, -0.2) is 0 Å². The Kier molecular flexibility index (Phi) is 5.51. The molecule has 1 aliphatic carbocycles. The first-order valence-corrected chi connectivity index (χ1v) is 10.8. The van der Waals surface area contributed by atoms with Crippen LogP contribution in [0, 0.1) is 6.92 Å². The van der Waals surface area contributed by atoms with Crippen molar-refractivity contribution in [3.63, 3.8) is 0 Å². The van der Waals surface area contributed by atoms with E-state index in [0.717, 1.165) is 26.5 Å². The van der Waals surface area contributed by atoms with Crippen LogP contribution in [0.3, 0.4) is 0 Å². The van der Waals surface area contributed by atoms with Crippen LogP contribution in [0.15, 0.2) is 54.8 Å². The highest BCUT2D eigenvalue weighted by Gasteiger charge is 2.40. The maximum Gasteiger partial charge on any atom is 0.435 e. The number of carbonyl (C=O) groups is 1. The Bertz CT molecular complexity index is 1130. The zero-order valence-electron chi connectivity index (χ0n) is 17.2. The van der Waals surface area contributed by atoms with E-state index in [1.807, 2.05) is 19.1 Å². The minimum atomic E-state index is -4.55. The molecule has 1 unspecified atom stereocenters. The van der Waals surface area contributed by atoms with Gasteiger partial charge in [0.05, 0.1) is 6.54 Å². The third-order valence-corrected chi connectivity index (χ3v) is 6.55. The Balaban J connectivity index is 1.90. The second kappa shape index (κ2) is 8.00. The molecule has 31 heavy (non-hydrogen) atoms. The topological polar surface area (TPSA) is 38.1 Å². The van der Waals surface area contributed by atoms with E-state index in [0.29, 0.717) is 19.6 Å². The van der Waals surface area contributed by atoms with Crippen molar-refractivity contribution in [2.75, 3.05) is 6.54 Å². The summed E-state index contributed by atoms with van der Waals surface area (Å²) in [6.07, 6.45) is 5.39. The summed E-state index contributed by atoms with van der Waals surface area (Å²) in [6, 6.07) is 2.06. The predicted molar refractivity (Wildman–Crippen MR) is 116 cm³/mol. The number of aryl methyl sites for hydroxylation is 2. The van der Waals surface area contributed by atoms with Gasteiger partial charge in [-0.3, -0.25) is 9.48 Å². The summed E-state index contributed by atoms with van der Waals surface area (Å²) in [5, 5.41) is 3.79. The molecule has 0 saturated heterocycles. The third kappa shape index (κ3) is 3.92. The van der Waals surface area contributed by atoms with Gasteiger partial charge in [-0.05, 0) is 42.7 Å². The van der Waals surface area contributed by atoms with E-state index in [9.17, 15) is 18.0 Å². The molecule has 3 heterocycles. The summed E-state index contributed by atoms with van der Waals surface area (Å²) in [7, 11) is 0. The molecule has 0 N–H and O–H groups in total. The quantitative estimate of drug-likeness (QED) is 0.587. The Morgan fingerprint density at radius 2 is 2.13 bits per heavy atom. The largest absolute Gasteiger partial charge is 0.435 e. The van der Waals surface area contributed by atoms with E-state index < -0.39 is 17.8 Å². The van der Waals surface area contributed by atoms with Crippen LogP contribution in [0.25, 0.3) is 5.57 Å². The molecule has 0 radical (unpaired) electrons. The van der Waals surface area contributed by atoms with Crippen LogP contribution in [0.4, 0.5) is 13.2 Å². The van der Waals surface area contributed by atoms with Gasteiger partial charge in [-0.2, -0.15) is 18.3 Å². The number of hydrogen-bond donors (Lipinski definition) is 0. The predicted octanol–water partition coefficient (Wildman–Crippen LogP) is 5.48. The second-order valence-electron chi connectivity index (χ2n) is 7.53. The number of aromatic nitrogens is 2. The van der Waals surface area contributed by atoms with Crippen LogP contribution in [-0.2, 0) is 24.1 Å². The molecule has 2 aromatic rings. The van der Waals surface area contributed by atoms with Crippen LogP contribution in [0.1, 0.15) is 39.4 Å². The molecule has 1 atom stereocenters. The van der Waals surface area contributed by atoms with Gasteiger partial charge in [0.2, 0.25) is 5.91 Å². The normalized spacial score (nSPS) is 20.8. The summed E-state index contributed by atoms with van der Waals surface area (Å²) >= 11 is 1.60. The van der Waals surface area contributed by atoms with Gasteiger partial charge < -0.3 is 4.90 Å². The van der Waals surface area contributed by atoms with E-state index in [-0.39, 0.29) is 11.5 Å². The Labute approximate surface area is 182 Å². The Hall–Kier alpha value is -2.87. The SMILES string of the molecule is C=CC(=O)N1C/C(=C2/C=CC=CC2c2cn(CC)nc2C(F)(F)F)c2cc(C)sc2C1. The average molecular weight is 446 g/mol. The number of halogens is 3. The molecule has 4 nitrogen and oxygen atoms in total. The van der Waals surface area contributed by atoms with Gasteiger partial charge in [0.15, 0.2) is 5.69 Å². The maximum atomic E-state index is 13.8. The average Bonchev–Trinajstić information content (AvgIpc) is 3.35. The molecule has 162 valence electrons. The number of carbonyl (C=O) groups excluding carboxylic acids is 1. The Morgan fingerprint density at radius 3 is 2.81 bits per heavy atom. The number of alkyl halides is 3. The molecule has 2 aliphatic rings. The van der Waals surface area contributed by atoms with E-state index in [1.165, 1.54) is 17.0 Å². The molecular formula is C23H22F3N3OS. The fraction of sp³-hybridized carbons (Fsp3) is 0.304. The first kappa shape index (κ1) is 21.4. The summed E-state index contributed by atoms with van der Waals surface area (Å²) in [4.78, 5) is 16.2. The van der Waals surface area contributed by atoms with Crippen molar-refractivity contribution in [1.29, 1.82) is 0 Å². The summed E-state index contributed by atoms with van der Waals surface area (Å²) in [5.74, 6) is -0.805. The summed E-state index contributed by atoms with van der Waals surface area (Å²) in [5.41, 5.74) is 1.88. The monoisotopic (exact) mass is 445 g/mol. The van der Waals surface area contributed by atoms with E-state index in [2.05, 4.69) is 17.7 Å². The number of nitrogens with zero attached hydrogens (tertiary/aromatic N) is 3. The zero-order chi connectivity index (χ0) is 22.3. The lowest BCUT2D eigenvalue weighted by Crippen LogP contribution is -2.34. The molecule has 0 saturated carbocycles. The highest BCUT2D eigenvalue weighted by atomic mass is 32.1. The van der Waals surface area contributed by atoms with Crippen LogP contribution in [0.2, 0.25) is 0 Å². The third-order valence-electron chi connectivity index (χ3n) is 5.52. The molecule has 2 aromatic heterocycles. The lowest BCUT2D eigenvalue weighted by atomic mass is 9.82. The molecule has 0 spiro atoms. The van der Waals surface area contributed by atoms with Crippen LogP contribution >= 0.6 is 11.3 Å². The molecule has 0 bridgehead atoms. The smallest absolute Gasteiger partial charge is 0.330 e. The number of rotatable bonds is 3. The first-order valence-electron chi connectivity index (χ1n) is 9.96. The number of hydrogen-bond acceptors (Lipinski definition) is 3. The van der Waals surface area contributed by atoms with Crippen molar-refractivity contribution in [3.8, 4) is 0 Å². The number of allylic oxidation sites excluding steroid dienone is 5. The van der Waals surface area contributed by atoms with Gasteiger partial charge in [0, 0.05) is 40.5 Å². The van der Waals surface area contributed by atoms with Crippen molar-refractivity contribution in [1.82, 2.24) is 14.7 Å². The molecular weight excluding hydrogens is 423 g/mol. The van der Waals surface area contributed by atoms with Crippen molar-refractivity contribution >= 4 is 22.8 Å². The molecule has 4 rings (SSSR count). The van der Waals surface area contributed by atoms with Crippen LogP contribution < -0.4 is 0 Å². The molecule has 1 aliphatic heterocycles. The fourth-order valence-electron chi connectivity index (χ4n) is 4.12. The number of fused-ring (bicyclic) bond motifs is 1. The highest BCUT2D eigenvalue weighted by Crippen LogP contribution is 2.44.